The molecule has 0 fully saturated rings. The van der Waals surface area contributed by atoms with Gasteiger partial charge in [-0.25, -0.2) is 4.68 Å². The lowest BCUT2D eigenvalue weighted by atomic mass is 10.2. The second-order valence-electron chi connectivity index (χ2n) is 5.88. The van der Waals surface area contributed by atoms with Crippen LogP contribution in [0.15, 0.2) is 47.8 Å². The Bertz CT molecular complexity index is 1040. The summed E-state index contributed by atoms with van der Waals surface area (Å²) in [5.74, 6) is -0.0367. The van der Waals surface area contributed by atoms with Crippen molar-refractivity contribution in [1.29, 1.82) is 0 Å². The number of aromatic nitrogens is 2. The van der Waals surface area contributed by atoms with Crippen LogP contribution in [0.2, 0.25) is 0 Å². The number of carbonyl (C=O) groups excluding carboxylic acids is 1. The van der Waals surface area contributed by atoms with Crippen molar-refractivity contribution in [2.24, 2.45) is 0 Å². The molecule has 0 spiro atoms. The smallest absolute Gasteiger partial charge is 0.261 e. The van der Waals surface area contributed by atoms with E-state index in [1.165, 1.54) is 11.3 Å². The molecule has 6 heteroatoms. The number of rotatable bonds is 4. The van der Waals surface area contributed by atoms with Crippen molar-refractivity contribution in [1.82, 2.24) is 15.1 Å². The first-order valence-electron chi connectivity index (χ1n) is 7.99. The number of aryl methyl sites for hydroxylation is 2. The fourth-order valence-corrected chi connectivity index (χ4v) is 4.53. The minimum atomic E-state index is -0.0367. The number of fused-ring (bicyclic) bond motifs is 1. The molecule has 0 unspecified atom stereocenters. The summed E-state index contributed by atoms with van der Waals surface area (Å²) in [6, 6.07) is 14.1. The number of thiophene rings is 2. The Labute approximate surface area is 153 Å². The van der Waals surface area contributed by atoms with Crippen molar-refractivity contribution in [2.75, 3.05) is 0 Å². The van der Waals surface area contributed by atoms with E-state index in [9.17, 15) is 4.79 Å². The SMILES string of the molecule is Cc1ccccc1-n1nc(C)c2cc(C(=O)NCc3cccs3)sc21. The topological polar surface area (TPSA) is 46.9 Å². The van der Waals surface area contributed by atoms with Crippen LogP contribution >= 0.6 is 22.7 Å². The van der Waals surface area contributed by atoms with Crippen LogP contribution in [0.5, 0.6) is 0 Å². The van der Waals surface area contributed by atoms with Crippen LogP contribution in [0.25, 0.3) is 15.9 Å². The molecule has 3 heterocycles. The predicted molar refractivity (Wildman–Crippen MR) is 104 cm³/mol. The third-order valence-corrected chi connectivity index (χ3v) is 6.10. The summed E-state index contributed by atoms with van der Waals surface area (Å²) >= 11 is 3.13. The minimum Gasteiger partial charge on any atom is -0.346 e. The van der Waals surface area contributed by atoms with Crippen LogP contribution in [0.1, 0.15) is 25.8 Å². The van der Waals surface area contributed by atoms with Gasteiger partial charge in [-0.15, -0.1) is 22.7 Å². The number of nitrogens with one attached hydrogen (secondary N) is 1. The fraction of sp³-hybridized carbons (Fsp3) is 0.158. The zero-order valence-electron chi connectivity index (χ0n) is 13.9. The monoisotopic (exact) mass is 367 g/mol. The van der Waals surface area contributed by atoms with Gasteiger partial charge in [-0.2, -0.15) is 5.10 Å². The molecule has 0 saturated carbocycles. The van der Waals surface area contributed by atoms with Crippen molar-refractivity contribution in [2.45, 2.75) is 20.4 Å². The number of para-hydroxylation sites is 1. The summed E-state index contributed by atoms with van der Waals surface area (Å²) in [4.78, 5) is 15.4. The Morgan fingerprint density at radius 2 is 2.04 bits per heavy atom. The Morgan fingerprint density at radius 1 is 1.20 bits per heavy atom. The summed E-state index contributed by atoms with van der Waals surface area (Å²) in [6.07, 6.45) is 0. The molecule has 4 nitrogen and oxygen atoms in total. The first-order valence-corrected chi connectivity index (χ1v) is 9.69. The Morgan fingerprint density at radius 3 is 2.80 bits per heavy atom. The number of hydrogen-bond acceptors (Lipinski definition) is 4. The van der Waals surface area contributed by atoms with Crippen LogP contribution in [0.3, 0.4) is 0 Å². The molecule has 0 aliphatic heterocycles. The van der Waals surface area contributed by atoms with Crippen molar-refractivity contribution >= 4 is 38.8 Å². The van der Waals surface area contributed by atoms with Crippen LogP contribution in [-0.2, 0) is 6.54 Å². The summed E-state index contributed by atoms with van der Waals surface area (Å²) in [6.45, 7) is 4.62. The molecule has 0 radical (unpaired) electrons. The van der Waals surface area contributed by atoms with Crippen molar-refractivity contribution in [3.63, 3.8) is 0 Å². The van der Waals surface area contributed by atoms with Gasteiger partial charge in [0.1, 0.15) is 4.83 Å². The molecule has 0 aliphatic rings. The molecule has 0 atom stereocenters. The van der Waals surface area contributed by atoms with Gasteiger partial charge in [-0.3, -0.25) is 4.79 Å². The first-order chi connectivity index (χ1) is 12.1. The molecule has 4 rings (SSSR count). The zero-order chi connectivity index (χ0) is 17.4. The number of hydrogen-bond donors (Lipinski definition) is 1. The number of benzene rings is 1. The molecular formula is C19H17N3OS2. The van der Waals surface area contributed by atoms with E-state index in [4.69, 9.17) is 0 Å². The van der Waals surface area contributed by atoms with Gasteiger partial charge < -0.3 is 5.32 Å². The van der Waals surface area contributed by atoms with Crippen LogP contribution in [-0.4, -0.2) is 15.7 Å². The maximum Gasteiger partial charge on any atom is 0.261 e. The molecule has 0 aliphatic carbocycles. The van der Waals surface area contributed by atoms with Gasteiger partial charge in [0, 0.05) is 10.3 Å². The number of nitrogens with zero attached hydrogens (tertiary/aromatic N) is 2. The highest BCUT2D eigenvalue weighted by Crippen LogP contribution is 2.31. The quantitative estimate of drug-likeness (QED) is 0.568. The zero-order valence-corrected chi connectivity index (χ0v) is 15.6. The molecule has 1 N–H and O–H groups in total. The van der Waals surface area contributed by atoms with Gasteiger partial charge >= 0.3 is 0 Å². The Balaban J connectivity index is 1.67. The van der Waals surface area contributed by atoms with Crippen LogP contribution in [0.4, 0.5) is 0 Å². The minimum absolute atomic E-state index is 0.0367. The third-order valence-electron chi connectivity index (χ3n) is 4.12. The average Bonchev–Trinajstić information content (AvgIpc) is 3.32. The van der Waals surface area contributed by atoms with Gasteiger partial charge in [0.25, 0.3) is 5.91 Å². The van der Waals surface area contributed by atoms with Gasteiger partial charge in [-0.05, 0) is 43.0 Å². The molecule has 1 aromatic carbocycles. The molecule has 1 amide bonds. The van der Waals surface area contributed by atoms with E-state index in [-0.39, 0.29) is 5.91 Å². The highest BCUT2D eigenvalue weighted by Gasteiger charge is 2.17. The van der Waals surface area contributed by atoms with E-state index in [0.717, 1.165) is 36.9 Å². The van der Waals surface area contributed by atoms with E-state index >= 15 is 0 Å². The van der Waals surface area contributed by atoms with Crippen molar-refractivity contribution in [3.8, 4) is 5.69 Å². The lowest BCUT2D eigenvalue weighted by Crippen LogP contribution is -2.21. The Hall–Kier alpha value is -2.44. The molecule has 25 heavy (non-hydrogen) atoms. The summed E-state index contributed by atoms with van der Waals surface area (Å²) in [5, 5.41) is 10.7. The maximum absolute atomic E-state index is 12.5. The van der Waals surface area contributed by atoms with E-state index in [2.05, 4.69) is 29.5 Å². The van der Waals surface area contributed by atoms with Gasteiger partial charge in [0.05, 0.1) is 22.8 Å². The van der Waals surface area contributed by atoms with E-state index < -0.39 is 0 Å². The summed E-state index contributed by atoms with van der Waals surface area (Å²) < 4.78 is 1.95. The van der Waals surface area contributed by atoms with E-state index in [0.29, 0.717) is 6.54 Å². The molecule has 126 valence electrons. The van der Waals surface area contributed by atoms with Gasteiger partial charge in [-0.1, -0.05) is 24.3 Å². The van der Waals surface area contributed by atoms with Crippen LogP contribution < -0.4 is 5.32 Å². The predicted octanol–water partition coefficient (Wildman–Crippen LogP) is 4.70. The van der Waals surface area contributed by atoms with E-state index in [1.54, 1.807) is 11.3 Å². The van der Waals surface area contributed by atoms with Crippen LogP contribution in [0, 0.1) is 13.8 Å². The van der Waals surface area contributed by atoms with Crippen molar-refractivity contribution in [3.05, 3.63) is 68.9 Å². The second-order valence-corrected chi connectivity index (χ2v) is 7.94. The van der Waals surface area contributed by atoms with E-state index in [1.807, 2.05) is 47.3 Å². The highest BCUT2D eigenvalue weighted by molar-refractivity contribution is 7.20. The molecule has 4 aromatic rings. The summed E-state index contributed by atoms with van der Waals surface area (Å²) in [7, 11) is 0. The molecule has 3 aromatic heterocycles. The number of amides is 1. The molecule has 0 saturated heterocycles. The summed E-state index contributed by atoms with van der Waals surface area (Å²) in [5.41, 5.74) is 3.14. The third kappa shape index (κ3) is 2.99. The highest BCUT2D eigenvalue weighted by atomic mass is 32.1. The van der Waals surface area contributed by atoms with Gasteiger partial charge in [0.2, 0.25) is 0 Å². The van der Waals surface area contributed by atoms with Gasteiger partial charge in [0.15, 0.2) is 0 Å². The second kappa shape index (κ2) is 6.46. The maximum atomic E-state index is 12.5. The average molecular weight is 367 g/mol. The standard InChI is InChI=1S/C19H17N3OS2/c1-12-6-3-4-8-16(12)22-19-15(13(2)21-22)10-17(25-19)18(23)20-11-14-7-5-9-24-14/h3-10H,11H2,1-2H3,(H,20,23). The first kappa shape index (κ1) is 16.1. The molecular weight excluding hydrogens is 350 g/mol. The number of carbonyl (C=O) groups is 1. The van der Waals surface area contributed by atoms with Crippen molar-refractivity contribution < 1.29 is 4.79 Å². The Kier molecular flexibility index (Phi) is 4.15. The normalized spacial score (nSPS) is 11.1. The molecule has 0 bridgehead atoms. The lowest BCUT2D eigenvalue weighted by Gasteiger charge is -2.05. The fourth-order valence-electron chi connectivity index (χ4n) is 2.79. The largest absolute Gasteiger partial charge is 0.346 e. The lowest BCUT2D eigenvalue weighted by molar-refractivity contribution is 0.0955.